The Hall–Kier alpha value is -3.55. The number of rotatable bonds is 6. The summed E-state index contributed by atoms with van der Waals surface area (Å²) in [7, 11) is 0. The summed E-state index contributed by atoms with van der Waals surface area (Å²) in [4.78, 5) is 38.9. The van der Waals surface area contributed by atoms with E-state index in [9.17, 15) is 14.4 Å². The number of nitrogens with one attached hydrogen (secondary N) is 2. The number of hydrogen-bond acceptors (Lipinski definition) is 5. The number of urea groups is 1. The number of anilines is 1. The topological polar surface area (TPSA) is 97.0 Å². The van der Waals surface area contributed by atoms with Crippen molar-refractivity contribution >= 4 is 23.5 Å². The fourth-order valence-electron chi connectivity index (χ4n) is 3.77. The van der Waals surface area contributed by atoms with Crippen LogP contribution in [0.5, 0.6) is 11.5 Å². The summed E-state index contributed by atoms with van der Waals surface area (Å²) in [5.74, 6) is 0.764. The van der Waals surface area contributed by atoms with Crippen LogP contribution >= 0.6 is 0 Å². The largest absolute Gasteiger partial charge is 0.454 e. The summed E-state index contributed by atoms with van der Waals surface area (Å²) in [6.45, 7) is 5.64. The van der Waals surface area contributed by atoms with Gasteiger partial charge in [0, 0.05) is 12.1 Å². The van der Waals surface area contributed by atoms with Crippen LogP contribution in [0.3, 0.4) is 0 Å². The lowest BCUT2D eigenvalue weighted by molar-refractivity contribution is -0.133. The smallest absolute Gasteiger partial charge is 0.325 e. The second-order valence-corrected chi connectivity index (χ2v) is 8.34. The molecule has 0 aromatic heterocycles. The van der Waals surface area contributed by atoms with Crippen LogP contribution in [0.4, 0.5) is 10.5 Å². The zero-order valence-electron chi connectivity index (χ0n) is 17.7. The first-order valence-corrected chi connectivity index (χ1v) is 10.2. The second-order valence-electron chi connectivity index (χ2n) is 8.34. The van der Waals surface area contributed by atoms with Gasteiger partial charge in [-0.3, -0.25) is 14.5 Å². The fourth-order valence-corrected chi connectivity index (χ4v) is 3.77. The highest BCUT2D eigenvalue weighted by Crippen LogP contribution is 2.34. The summed E-state index contributed by atoms with van der Waals surface area (Å²) < 4.78 is 10.7. The van der Waals surface area contributed by atoms with E-state index in [2.05, 4.69) is 24.5 Å². The highest BCUT2D eigenvalue weighted by molar-refractivity contribution is 6.10. The van der Waals surface area contributed by atoms with Gasteiger partial charge in [0.15, 0.2) is 11.5 Å². The number of fused-ring (bicyclic) bond motifs is 1. The molecule has 1 fully saturated rings. The molecular weight excluding hydrogens is 398 g/mol. The van der Waals surface area contributed by atoms with Crippen molar-refractivity contribution in [3.05, 3.63) is 53.6 Å². The number of carbonyl (C=O) groups excluding carboxylic acids is 3. The average Bonchev–Trinajstić information content (AvgIpc) is 3.26. The third-order valence-corrected chi connectivity index (χ3v) is 5.50. The van der Waals surface area contributed by atoms with Gasteiger partial charge in [-0.1, -0.05) is 32.0 Å². The van der Waals surface area contributed by atoms with Gasteiger partial charge in [-0.25, -0.2) is 4.79 Å². The van der Waals surface area contributed by atoms with Crippen molar-refractivity contribution in [1.82, 2.24) is 10.2 Å². The molecule has 0 saturated carbocycles. The summed E-state index contributed by atoms with van der Waals surface area (Å²) >= 11 is 0. The Kier molecular flexibility index (Phi) is 5.31. The van der Waals surface area contributed by atoms with Gasteiger partial charge in [-0.05, 0) is 48.2 Å². The molecule has 162 valence electrons. The van der Waals surface area contributed by atoms with E-state index >= 15 is 0 Å². The van der Waals surface area contributed by atoms with E-state index in [1.807, 2.05) is 30.3 Å². The van der Waals surface area contributed by atoms with Crippen molar-refractivity contribution in [2.24, 2.45) is 0 Å². The van der Waals surface area contributed by atoms with Gasteiger partial charge >= 0.3 is 6.03 Å². The van der Waals surface area contributed by atoms with Crippen molar-refractivity contribution in [3.63, 3.8) is 0 Å². The van der Waals surface area contributed by atoms with Gasteiger partial charge in [-0.2, -0.15) is 0 Å². The van der Waals surface area contributed by atoms with Crippen molar-refractivity contribution in [3.8, 4) is 11.5 Å². The van der Waals surface area contributed by atoms with E-state index in [0.29, 0.717) is 23.1 Å². The van der Waals surface area contributed by atoms with Crippen molar-refractivity contribution < 1.29 is 23.9 Å². The zero-order valence-corrected chi connectivity index (χ0v) is 17.7. The van der Waals surface area contributed by atoms with Crippen molar-refractivity contribution in [2.45, 2.75) is 38.6 Å². The first-order chi connectivity index (χ1) is 14.7. The zero-order chi connectivity index (χ0) is 22.2. The quantitative estimate of drug-likeness (QED) is 0.696. The van der Waals surface area contributed by atoms with E-state index in [4.69, 9.17) is 9.47 Å². The maximum Gasteiger partial charge on any atom is 0.325 e. The molecule has 1 atom stereocenters. The van der Waals surface area contributed by atoms with Crippen LogP contribution in [0.2, 0.25) is 0 Å². The molecule has 2 aliphatic rings. The molecule has 2 N–H and O–H groups in total. The van der Waals surface area contributed by atoms with Crippen LogP contribution in [-0.4, -0.2) is 41.6 Å². The fraction of sp³-hybridized carbons (Fsp3) is 0.348. The molecule has 0 spiro atoms. The lowest BCUT2D eigenvalue weighted by Crippen LogP contribution is -2.46. The molecule has 8 nitrogen and oxygen atoms in total. The predicted molar refractivity (Wildman–Crippen MR) is 114 cm³/mol. The Bertz CT molecular complexity index is 1030. The summed E-state index contributed by atoms with van der Waals surface area (Å²) in [6, 6.07) is 12.3. The molecule has 4 amide bonds. The molecule has 0 radical (unpaired) electrons. The maximum atomic E-state index is 13.0. The van der Waals surface area contributed by atoms with Crippen LogP contribution in [0.1, 0.15) is 37.8 Å². The summed E-state index contributed by atoms with van der Waals surface area (Å²) in [5.41, 5.74) is 1.44. The highest BCUT2D eigenvalue weighted by Gasteiger charge is 2.48. The average molecular weight is 423 g/mol. The van der Waals surface area contributed by atoms with Crippen LogP contribution in [0.25, 0.3) is 0 Å². The van der Waals surface area contributed by atoms with Gasteiger partial charge in [0.25, 0.3) is 5.91 Å². The Morgan fingerprint density at radius 1 is 1.13 bits per heavy atom. The van der Waals surface area contributed by atoms with E-state index in [1.54, 1.807) is 19.1 Å². The third-order valence-electron chi connectivity index (χ3n) is 5.50. The monoisotopic (exact) mass is 423 g/mol. The van der Waals surface area contributed by atoms with Gasteiger partial charge in [-0.15, -0.1) is 0 Å². The Morgan fingerprint density at radius 3 is 2.55 bits per heavy atom. The first kappa shape index (κ1) is 20.7. The second kappa shape index (κ2) is 7.94. The van der Waals surface area contributed by atoms with Crippen LogP contribution in [0.15, 0.2) is 42.5 Å². The Balaban J connectivity index is 1.40. The molecule has 2 aromatic carbocycles. The number of benzene rings is 2. The molecular formula is C23H25N3O5. The van der Waals surface area contributed by atoms with Gasteiger partial charge in [0.1, 0.15) is 12.1 Å². The standard InChI is InChI=1S/C23H25N3O5/c1-14(2)16-5-7-17(8-6-16)24-20(27)12-26-21(28)23(3,25-22(26)29)11-15-4-9-18-19(10-15)31-13-30-18/h4-10,14H,11-13H2,1-3H3,(H,24,27)(H,25,29)/t23-/m0/s1. The molecule has 31 heavy (non-hydrogen) atoms. The minimum absolute atomic E-state index is 0.162. The highest BCUT2D eigenvalue weighted by atomic mass is 16.7. The number of imide groups is 1. The van der Waals surface area contributed by atoms with Gasteiger partial charge in [0.05, 0.1) is 0 Å². The van der Waals surface area contributed by atoms with Crippen molar-refractivity contribution in [1.29, 1.82) is 0 Å². The summed E-state index contributed by atoms with van der Waals surface area (Å²) in [6.07, 6.45) is 0.267. The lowest BCUT2D eigenvalue weighted by Gasteiger charge is -2.22. The Labute approximate surface area is 180 Å². The Morgan fingerprint density at radius 2 is 1.84 bits per heavy atom. The van der Waals surface area contributed by atoms with E-state index < -0.39 is 23.4 Å². The third kappa shape index (κ3) is 4.19. The van der Waals surface area contributed by atoms with Gasteiger partial charge < -0.3 is 20.1 Å². The SMILES string of the molecule is CC(C)c1ccc(NC(=O)CN2C(=O)N[C@@](C)(Cc3ccc4c(c3)OCO4)C2=O)cc1. The first-order valence-electron chi connectivity index (χ1n) is 10.2. The predicted octanol–water partition coefficient (Wildman–Crippen LogP) is 3.03. The molecule has 0 unspecified atom stereocenters. The molecule has 2 aromatic rings. The molecule has 8 heteroatoms. The number of hydrogen-bond donors (Lipinski definition) is 2. The minimum Gasteiger partial charge on any atom is -0.454 e. The van der Waals surface area contributed by atoms with Crippen LogP contribution < -0.4 is 20.1 Å². The van der Waals surface area contributed by atoms with Crippen LogP contribution in [-0.2, 0) is 16.0 Å². The maximum absolute atomic E-state index is 13.0. The number of nitrogens with zero attached hydrogens (tertiary/aromatic N) is 1. The normalized spacial score (nSPS) is 19.7. The molecule has 1 saturated heterocycles. The van der Waals surface area contributed by atoms with E-state index in [0.717, 1.165) is 16.0 Å². The molecule has 4 rings (SSSR count). The lowest BCUT2D eigenvalue weighted by atomic mass is 9.92. The number of carbonyl (C=O) groups is 3. The molecule has 0 bridgehead atoms. The van der Waals surface area contributed by atoms with Crippen molar-refractivity contribution in [2.75, 3.05) is 18.7 Å². The van der Waals surface area contributed by atoms with E-state index in [1.165, 1.54) is 0 Å². The van der Waals surface area contributed by atoms with E-state index in [-0.39, 0.29) is 19.8 Å². The molecule has 2 heterocycles. The number of amides is 4. The molecule has 2 aliphatic heterocycles. The van der Waals surface area contributed by atoms with Gasteiger partial charge in [0.2, 0.25) is 12.7 Å². The number of ether oxygens (including phenoxy) is 2. The molecule has 0 aliphatic carbocycles. The summed E-state index contributed by atoms with van der Waals surface area (Å²) in [5, 5.41) is 5.46. The minimum atomic E-state index is -1.15. The van der Waals surface area contributed by atoms with Crippen LogP contribution in [0, 0.1) is 0 Å².